The van der Waals surface area contributed by atoms with Crippen molar-refractivity contribution in [1.82, 2.24) is 20.0 Å². The highest BCUT2D eigenvalue weighted by Crippen LogP contribution is 2.24. The van der Waals surface area contributed by atoms with Gasteiger partial charge < -0.3 is 20.6 Å². The Morgan fingerprint density at radius 1 is 1.05 bits per heavy atom. The van der Waals surface area contributed by atoms with Crippen molar-refractivity contribution in [2.45, 2.75) is 36.4 Å². The van der Waals surface area contributed by atoms with Gasteiger partial charge in [0.2, 0.25) is 16.0 Å². The molecule has 1 aromatic heterocycles. The number of anilines is 2. The lowest BCUT2D eigenvalue weighted by Gasteiger charge is -2.34. The van der Waals surface area contributed by atoms with E-state index >= 15 is 0 Å². The molecule has 1 saturated heterocycles. The number of nitrogens with zero attached hydrogens (tertiary/aromatic N) is 3. The number of carbonyl (C=O) groups excluding carboxylic acids is 1. The lowest BCUT2D eigenvalue weighted by molar-refractivity contribution is -0.137. The first-order chi connectivity index (χ1) is 18.2. The third kappa shape index (κ3) is 7.23. The summed E-state index contributed by atoms with van der Waals surface area (Å²) in [7, 11) is -4.12. The van der Waals surface area contributed by atoms with Gasteiger partial charge in [-0.3, -0.25) is 9.59 Å². The molecule has 1 atom stereocenters. The minimum Gasteiger partial charge on any atom is -0.481 e. The fraction of sp³-hybridized carbons (Fsp3) is 0.280. The molecular weight excluding hydrogens is 515 g/mol. The van der Waals surface area contributed by atoms with Gasteiger partial charge in [-0.1, -0.05) is 18.2 Å². The van der Waals surface area contributed by atoms with Gasteiger partial charge in [0.1, 0.15) is 12.0 Å². The summed E-state index contributed by atoms with van der Waals surface area (Å²) in [5.74, 6) is -2.26. The first-order valence-electron chi connectivity index (χ1n) is 11.9. The molecule has 4 N–H and O–H groups in total. The van der Waals surface area contributed by atoms with E-state index in [1.165, 1.54) is 36.4 Å². The number of hydrogen-bond donors (Lipinski definition) is 4. The summed E-state index contributed by atoms with van der Waals surface area (Å²) < 4.78 is 42.0. The molecule has 200 valence electrons. The Labute approximate surface area is 219 Å². The topological polar surface area (TPSA) is 154 Å². The van der Waals surface area contributed by atoms with Crippen LogP contribution in [0, 0.1) is 5.82 Å². The molecule has 0 aliphatic carbocycles. The molecule has 0 saturated carbocycles. The minimum atomic E-state index is -4.12. The average Bonchev–Trinajstić information content (AvgIpc) is 2.89. The standard InChI is InChI=1S/C25H27FN6O5S/c26-18-13-17(14-20(15-18)32-11-7-19(8-12-32)29-25-27-9-4-10-28-25)24(35)30-22(16-23(33)34)31-38(36,37)21-5-2-1-3-6-21/h1-6,9-10,13-15,19,22,31H,7-8,11-12,16H2,(H,30,35)(H,33,34)(H,27,28,29). The van der Waals surface area contributed by atoms with Gasteiger partial charge in [0.05, 0.1) is 11.3 Å². The van der Waals surface area contributed by atoms with Crippen LogP contribution in [0.25, 0.3) is 0 Å². The minimum absolute atomic E-state index is 0.0627. The molecule has 11 nitrogen and oxygen atoms in total. The van der Waals surface area contributed by atoms with Gasteiger partial charge in [-0.05, 0) is 49.2 Å². The lowest BCUT2D eigenvalue weighted by atomic mass is 10.0. The first kappa shape index (κ1) is 26.9. The Balaban J connectivity index is 1.43. The van der Waals surface area contributed by atoms with Crippen molar-refractivity contribution in [2.24, 2.45) is 0 Å². The molecule has 38 heavy (non-hydrogen) atoms. The van der Waals surface area contributed by atoms with Crippen LogP contribution in [0.4, 0.5) is 16.0 Å². The summed E-state index contributed by atoms with van der Waals surface area (Å²) in [6.07, 6.45) is 2.59. The van der Waals surface area contributed by atoms with Crippen LogP contribution in [0.3, 0.4) is 0 Å². The maximum atomic E-state index is 14.5. The van der Waals surface area contributed by atoms with E-state index in [0.717, 1.165) is 18.9 Å². The second-order valence-electron chi connectivity index (χ2n) is 8.73. The van der Waals surface area contributed by atoms with E-state index in [2.05, 4.69) is 25.3 Å². The van der Waals surface area contributed by atoms with Crippen molar-refractivity contribution >= 4 is 33.5 Å². The molecule has 0 spiro atoms. The Bertz CT molecular complexity index is 1370. The van der Waals surface area contributed by atoms with Gasteiger partial charge in [0.25, 0.3) is 5.91 Å². The number of hydrogen-bond acceptors (Lipinski definition) is 8. The quantitative estimate of drug-likeness (QED) is 0.282. The van der Waals surface area contributed by atoms with E-state index < -0.39 is 40.3 Å². The number of aliphatic carboxylic acids is 1. The molecule has 2 heterocycles. The number of sulfonamides is 1. The number of piperidine rings is 1. The average molecular weight is 543 g/mol. The molecule has 1 aliphatic heterocycles. The Hall–Kier alpha value is -4.10. The lowest BCUT2D eigenvalue weighted by Crippen LogP contribution is -2.49. The largest absolute Gasteiger partial charge is 0.481 e. The first-order valence-corrected chi connectivity index (χ1v) is 13.4. The van der Waals surface area contributed by atoms with Crippen molar-refractivity contribution in [1.29, 1.82) is 0 Å². The summed E-state index contributed by atoms with van der Waals surface area (Å²) in [6, 6.07) is 13.0. The molecular formula is C25H27FN6O5S. The molecule has 2 aromatic carbocycles. The molecule has 1 aliphatic rings. The Morgan fingerprint density at radius 3 is 2.39 bits per heavy atom. The van der Waals surface area contributed by atoms with Crippen molar-refractivity contribution in [3.8, 4) is 0 Å². The molecule has 4 rings (SSSR count). The smallest absolute Gasteiger partial charge is 0.306 e. The second-order valence-corrected chi connectivity index (χ2v) is 10.4. The van der Waals surface area contributed by atoms with Gasteiger partial charge in [-0.25, -0.2) is 22.8 Å². The van der Waals surface area contributed by atoms with Gasteiger partial charge >= 0.3 is 5.97 Å². The molecule has 0 bridgehead atoms. The summed E-state index contributed by atoms with van der Waals surface area (Å²) in [5, 5.41) is 14.9. The van der Waals surface area contributed by atoms with E-state index in [-0.39, 0.29) is 16.5 Å². The van der Waals surface area contributed by atoms with E-state index in [1.807, 2.05) is 4.90 Å². The van der Waals surface area contributed by atoms with Crippen LogP contribution in [0.15, 0.2) is 71.9 Å². The fourth-order valence-electron chi connectivity index (χ4n) is 4.12. The van der Waals surface area contributed by atoms with E-state index in [1.54, 1.807) is 24.5 Å². The number of carbonyl (C=O) groups is 2. The number of nitrogens with one attached hydrogen (secondary N) is 3. The van der Waals surface area contributed by atoms with Gasteiger partial charge in [0, 0.05) is 42.8 Å². The molecule has 0 radical (unpaired) electrons. The zero-order valence-electron chi connectivity index (χ0n) is 20.2. The summed E-state index contributed by atoms with van der Waals surface area (Å²) in [5.41, 5.74) is 0.427. The zero-order valence-corrected chi connectivity index (χ0v) is 21.1. The molecule has 1 unspecified atom stereocenters. The highest BCUT2D eigenvalue weighted by atomic mass is 32.2. The Morgan fingerprint density at radius 2 is 1.74 bits per heavy atom. The fourth-order valence-corrected chi connectivity index (χ4v) is 5.29. The molecule has 13 heteroatoms. The number of benzene rings is 2. The van der Waals surface area contributed by atoms with Crippen molar-refractivity contribution in [3.63, 3.8) is 0 Å². The highest BCUT2D eigenvalue weighted by Gasteiger charge is 2.25. The van der Waals surface area contributed by atoms with Gasteiger partial charge in [0.15, 0.2) is 0 Å². The predicted octanol–water partition coefficient (Wildman–Crippen LogP) is 2.21. The second kappa shape index (κ2) is 12.0. The third-order valence-electron chi connectivity index (χ3n) is 5.94. The SMILES string of the molecule is O=C(O)CC(NC(=O)c1cc(F)cc(N2CCC(Nc3ncccn3)CC2)c1)NS(=O)(=O)c1ccccc1. The van der Waals surface area contributed by atoms with E-state index in [0.29, 0.717) is 24.7 Å². The normalized spacial score (nSPS) is 15.0. The summed E-state index contributed by atoms with van der Waals surface area (Å²) >= 11 is 0. The molecule has 1 fully saturated rings. The number of amides is 1. The van der Waals surface area contributed by atoms with E-state index in [9.17, 15) is 27.5 Å². The van der Waals surface area contributed by atoms with Crippen LogP contribution >= 0.6 is 0 Å². The number of carboxylic acids is 1. The maximum absolute atomic E-state index is 14.5. The van der Waals surface area contributed by atoms with Crippen LogP contribution < -0.4 is 20.3 Å². The highest BCUT2D eigenvalue weighted by molar-refractivity contribution is 7.89. The third-order valence-corrected chi connectivity index (χ3v) is 7.43. The van der Waals surface area contributed by atoms with Gasteiger partial charge in [-0.2, -0.15) is 4.72 Å². The van der Waals surface area contributed by atoms with Crippen molar-refractivity contribution in [2.75, 3.05) is 23.3 Å². The van der Waals surface area contributed by atoms with Gasteiger partial charge in [-0.15, -0.1) is 0 Å². The molecule has 1 amide bonds. The number of aromatic nitrogens is 2. The monoisotopic (exact) mass is 542 g/mol. The van der Waals surface area contributed by atoms with E-state index in [4.69, 9.17) is 0 Å². The predicted molar refractivity (Wildman–Crippen MR) is 138 cm³/mol. The number of rotatable bonds is 10. The van der Waals surface area contributed by atoms with Crippen LogP contribution in [-0.4, -0.2) is 60.7 Å². The van der Waals surface area contributed by atoms with Crippen LogP contribution in [0.2, 0.25) is 0 Å². The Kier molecular flexibility index (Phi) is 8.48. The summed E-state index contributed by atoms with van der Waals surface area (Å²) in [6.45, 7) is 1.18. The van der Waals surface area contributed by atoms with Crippen LogP contribution in [0.5, 0.6) is 0 Å². The maximum Gasteiger partial charge on any atom is 0.306 e. The van der Waals surface area contributed by atoms with Crippen molar-refractivity contribution < 1.29 is 27.5 Å². The number of halogens is 1. The summed E-state index contributed by atoms with van der Waals surface area (Å²) in [4.78, 5) is 34.5. The van der Waals surface area contributed by atoms with Crippen molar-refractivity contribution in [3.05, 3.63) is 78.4 Å². The zero-order chi connectivity index (χ0) is 27.1. The van der Waals surface area contributed by atoms with Crippen LogP contribution in [0.1, 0.15) is 29.6 Å². The van der Waals surface area contributed by atoms with Crippen LogP contribution in [-0.2, 0) is 14.8 Å². The number of carboxylic acid groups (broad SMARTS) is 1. The molecule has 3 aromatic rings.